The molecule has 1 heterocycles. The Morgan fingerprint density at radius 2 is 2.46 bits per heavy atom. The predicted octanol–water partition coefficient (Wildman–Crippen LogP) is 0.990. The molecular weight excluding hydrogens is 186 g/mol. The van der Waals surface area contributed by atoms with E-state index >= 15 is 0 Å². The first-order valence-electron chi connectivity index (χ1n) is 4.10. The molecule has 2 N–H and O–H groups in total. The van der Waals surface area contributed by atoms with Crippen molar-refractivity contribution in [3.8, 4) is 0 Å². The predicted molar refractivity (Wildman–Crippen MR) is 53.0 cm³/mol. The fourth-order valence-electron chi connectivity index (χ4n) is 1.08. The molecule has 0 bridgehead atoms. The van der Waals surface area contributed by atoms with E-state index in [1.54, 1.807) is 7.05 Å². The lowest BCUT2D eigenvalue weighted by Gasteiger charge is -2.00. The molecule has 0 spiro atoms. The SMILES string of the molecule is CNC(=O)CCn1cc(C)[nH]c1=S. The van der Waals surface area contributed by atoms with Crippen molar-refractivity contribution >= 4 is 18.1 Å². The van der Waals surface area contributed by atoms with Crippen LogP contribution in [0.15, 0.2) is 6.20 Å². The van der Waals surface area contributed by atoms with Crippen LogP contribution in [0.1, 0.15) is 12.1 Å². The summed E-state index contributed by atoms with van der Waals surface area (Å²) in [6.07, 6.45) is 2.37. The van der Waals surface area contributed by atoms with Gasteiger partial charge in [-0.2, -0.15) is 0 Å². The number of rotatable bonds is 3. The van der Waals surface area contributed by atoms with Gasteiger partial charge in [0.25, 0.3) is 0 Å². The Kier molecular flexibility index (Phi) is 3.25. The summed E-state index contributed by atoms with van der Waals surface area (Å²) in [5.74, 6) is 0.0285. The zero-order chi connectivity index (χ0) is 9.84. The number of nitrogens with zero attached hydrogens (tertiary/aromatic N) is 1. The molecule has 1 amide bonds. The minimum absolute atomic E-state index is 0.0285. The Morgan fingerprint density at radius 1 is 1.77 bits per heavy atom. The number of carbonyl (C=O) groups excluding carboxylic acids is 1. The molecule has 0 atom stereocenters. The molecule has 13 heavy (non-hydrogen) atoms. The fraction of sp³-hybridized carbons (Fsp3) is 0.500. The molecule has 0 aromatic carbocycles. The second-order valence-electron chi connectivity index (χ2n) is 2.86. The zero-order valence-corrected chi connectivity index (χ0v) is 8.57. The van der Waals surface area contributed by atoms with E-state index in [1.807, 2.05) is 17.7 Å². The third-order valence-electron chi connectivity index (χ3n) is 1.77. The molecule has 0 unspecified atom stereocenters. The summed E-state index contributed by atoms with van der Waals surface area (Å²) in [7, 11) is 1.63. The monoisotopic (exact) mass is 199 g/mol. The van der Waals surface area contributed by atoms with Crippen LogP contribution in [0.25, 0.3) is 0 Å². The third-order valence-corrected chi connectivity index (χ3v) is 2.11. The first kappa shape index (κ1) is 9.98. The van der Waals surface area contributed by atoms with E-state index in [1.165, 1.54) is 0 Å². The molecule has 1 aromatic rings. The fourth-order valence-corrected chi connectivity index (χ4v) is 1.38. The van der Waals surface area contributed by atoms with E-state index in [9.17, 15) is 4.79 Å². The highest BCUT2D eigenvalue weighted by molar-refractivity contribution is 7.71. The second-order valence-corrected chi connectivity index (χ2v) is 3.25. The Hall–Kier alpha value is -1.10. The molecule has 0 aliphatic carbocycles. The number of hydrogen-bond acceptors (Lipinski definition) is 2. The van der Waals surface area contributed by atoms with E-state index in [4.69, 9.17) is 12.2 Å². The number of nitrogens with one attached hydrogen (secondary N) is 2. The molecule has 0 aliphatic heterocycles. The van der Waals surface area contributed by atoms with Gasteiger partial charge < -0.3 is 14.9 Å². The Labute approximate surface area is 82.0 Å². The van der Waals surface area contributed by atoms with Crippen LogP contribution in [0.3, 0.4) is 0 Å². The molecule has 1 rings (SSSR count). The normalized spacial score (nSPS) is 10.0. The average Bonchev–Trinajstić information content (AvgIpc) is 2.41. The number of carbonyl (C=O) groups is 1. The summed E-state index contributed by atoms with van der Waals surface area (Å²) in [6.45, 7) is 2.56. The Balaban J connectivity index is 2.59. The highest BCUT2D eigenvalue weighted by Crippen LogP contribution is 1.98. The van der Waals surface area contributed by atoms with Crippen molar-refractivity contribution in [2.45, 2.75) is 19.9 Å². The first-order chi connectivity index (χ1) is 6.13. The number of amides is 1. The van der Waals surface area contributed by atoms with E-state index in [0.29, 0.717) is 17.7 Å². The number of hydrogen-bond donors (Lipinski definition) is 2. The van der Waals surface area contributed by atoms with Crippen molar-refractivity contribution in [1.29, 1.82) is 0 Å². The second kappa shape index (κ2) is 4.23. The summed E-state index contributed by atoms with van der Waals surface area (Å²) < 4.78 is 2.53. The summed E-state index contributed by atoms with van der Waals surface area (Å²) >= 11 is 5.04. The van der Waals surface area contributed by atoms with Gasteiger partial charge in [-0.15, -0.1) is 0 Å². The Bertz CT molecular complexity index is 353. The van der Waals surface area contributed by atoms with Gasteiger partial charge in [0, 0.05) is 31.9 Å². The van der Waals surface area contributed by atoms with Crippen LogP contribution in [-0.2, 0) is 11.3 Å². The number of aryl methyl sites for hydroxylation is 2. The van der Waals surface area contributed by atoms with Gasteiger partial charge in [-0.1, -0.05) is 0 Å². The number of aromatic amines is 1. The minimum atomic E-state index is 0.0285. The van der Waals surface area contributed by atoms with Gasteiger partial charge in [-0.3, -0.25) is 4.79 Å². The molecule has 0 saturated heterocycles. The molecule has 0 fully saturated rings. The van der Waals surface area contributed by atoms with Crippen molar-refractivity contribution in [2.75, 3.05) is 7.05 Å². The lowest BCUT2D eigenvalue weighted by atomic mass is 10.4. The highest BCUT2D eigenvalue weighted by atomic mass is 32.1. The smallest absolute Gasteiger partial charge is 0.221 e. The maximum Gasteiger partial charge on any atom is 0.221 e. The lowest BCUT2D eigenvalue weighted by molar-refractivity contribution is -0.120. The molecule has 0 radical (unpaired) electrons. The molecule has 4 nitrogen and oxygen atoms in total. The molecule has 1 aromatic heterocycles. The topological polar surface area (TPSA) is 49.8 Å². The van der Waals surface area contributed by atoms with Crippen LogP contribution < -0.4 is 5.32 Å². The van der Waals surface area contributed by atoms with Crippen LogP contribution in [0.4, 0.5) is 0 Å². The minimum Gasteiger partial charge on any atom is -0.359 e. The van der Waals surface area contributed by atoms with Crippen LogP contribution in [0.5, 0.6) is 0 Å². The summed E-state index contributed by atoms with van der Waals surface area (Å²) in [6, 6.07) is 0. The van der Waals surface area contributed by atoms with E-state index in [0.717, 1.165) is 5.69 Å². The van der Waals surface area contributed by atoms with Gasteiger partial charge >= 0.3 is 0 Å². The maximum atomic E-state index is 10.9. The van der Waals surface area contributed by atoms with Gasteiger partial charge in [-0.05, 0) is 19.1 Å². The van der Waals surface area contributed by atoms with Gasteiger partial charge in [0.2, 0.25) is 5.91 Å². The molecule has 0 saturated carbocycles. The van der Waals surface area contributed by atoms with Crippen molar-refractivity contribution in [3.05, 3.63) is 16.7 Å². The zero-order valence-electron chi connectivity index (χ0n) is 7.76. The first-order valence-corrected chi connectivity index (χ1v) is 4.51. The standard InChI is InChI=1S/C8H13N3OS/c1-6-5-11(8(13)10-6)4-3-7(12)9-2/h5H,3-4H2,1-2H3,(H,9,12)(H,10,13). The van der Waals surface area contributed by atoms with Crippen LogP contribution in [0, 0.1) is 11.7 Å². The van der Waals surface area contributed by atoms with E-state index in [2.05, 4.69) is 10.3 Å². The van der Waals surface area contributed by atoms with Crippen molar-refractivity contribution in [1.82, 2.24) is 14.9 Å². The van der Waals surface area contributed by atoms with E-state index in [-0.39, 0.29) is 5.91 Å². The van der Waals surface area contributed by atoms with Crippen LogP contribution in [0.2, 0.25) is 0 Å². The van der Waals surface area contributed by atoms with Crippen LogP contribution >= 0.6 is 12.2 Å². The van der Waals surface area contributed by atoms with Gasteiger partial charge in [0.1, 0.15) is 0 Å². The average molecular weight is 199 g/mol. The van der Waals surface area contributed by atoms with Crippen LogP contribution in [-0.4, -0.2) is 22.5 Å². The summed E-state index contributed by atoms with van der Waals surface area (Å²) in [5, 5.41) is 2.56. The molecular formula is C8H13N3OS. The van der Waals surface area contributed by atoms with Crippen molar-refractivity contribution < 1.29 is 4.79 Å². The summed E-state index contributed by atoms with van der Waals surface area (Å²) in [5.41, 5.74) is 1.02. The molecule has 72 valence electrons. The number of imidazole rings is 1. The third kappa shape index (κ3) is 2.69. The maximum absolute atomic E-state index is 10.9. The lowest BCUT2D eigenvalue weighted by Crippen LogP contribution is -2.19. The van der Waals surface area contributed by atoms with Gasteiger partial charge in [0.05, 0.1) is 0 Å². The molecule has 5 heteroatoms. The van der Waals surface area contributed by atoms with Gasteiger partial charge in [0.15, 0.2) is 4.77 Å². The van der Waals surface area contributed by atoms with Gasteiger partial charge in [-0.25, -0.2) is 0 Å². The van der Waals surface area contributed by atoms with E-state index < -0.39 is 0 Å². The van der Waals surface area contributed by atoms with Crippen molar-refractivity contribution in [2.24, 2.45) is 0 Å². The summed E-state index contributed by atoms with van der Waals surface area (Å²) in [4.78, 5) is 13.9. The van der Waals surface area contributed by atoms with Crippen molar-refractivity contribution in [3.63, 3.8) is 0 Å². The molecule has 0 aliphatic rings. The number of aromatic nitrogens is 2. The quantitative estimate of drug-likeness (QED) is 0.713. The Morgan fingerprint density at radius 3 is 2.92 bits per heavy atom. The highest BCUT2D eigenvalue weighted by Gasteiger charge is 2.00. The largest absolute Gasteiger partial charge is 0.359 e. The number of H-pyrrole nitrogens is 1.